The normalized spacial score (nSPS) is 22.9. The van der Waals surface area contributed by atoms with Gasteiger partial charge in [0.2, 0.25) is 0 Å². The molecule has 0 spiro atoms. The fraction of sp³-hybridized carbons (Fsp3) is 0.571. The summed E-state index contributed by atoms with van der Waals surface area (Å²) in [6.45, 7) is 2.23. The van der Waals surface area contributed by atoms with Crippen molar-refractivity contribution < 1.29 is 26.7 Å². The number of ether oxygens (including phenoxy) is 1. The standard InChI is InChI=1S/C28H33F5O/c1-2-3-4-5-18-6-8-19(9-7-18)20-12-13-24(25(29)15-20)22-11-10-21-17-27(34-28(31,32)33)26(30)16-23(21)14-22/h12-13,15-19,22H,2-11,14H2,1H3. The molecule has 0 bridgehead atoms. The molecule has 2 aliphatic rings. The predicted molar refractivity (Wildman–Crippen MR) is 123 cm³/mol. The van der Waals surface area contributed by atoms with Gasteiger partial charge in [-0.15, -0.1) is 13.2 Å². The van der Waals surface area contributed by atoms with Crippen molar-refractivity contribution >= 4 is 0 Å². The Labute approximate surface area is 198 Å². The number of hydrogen-bond donors (Lipinski definition) is 0. The van der Waals surface area contributed by atoms with E-state index < -0.39 is 17.9 Å². The van der Waals surface area contributed by atoms with Gasteiger partial charge < -0.3 is 4.74 Å². The van der Waals surface area contributed by atoms with Gasteiger partial charge >= 0.3 is 6.36 Å². The van der Waals surface area contributed by atoms with Gasteiger partial charge in [0.15, 0.2) is 11.6 Å². The molecule has 0 N–H and O–H groups in total. The van der Waals surface area contributed by atoms with Gasteiger partial charge in [-0.1, -0.05) is 44.7 Å². The average molecular weight is 481 g/mol. The third-order valence-corrected chi connectivity index (χ3v) is 7.71. The summed E-state index contributed by atoms with van der Waals surface area (Å²) in [6, 6.07) is 7.82. The summed E-state index contributed by atoms with van der Waals surface area (Å²) in [4.78, 5) is 0. The Hall–Kier alpha value is -2.11. The number of benzene rings is 2. The smallest absolute Gasteiger partial charge is 0.403 e. The average Bonchev–Trinajstić information content (AvgIpc) is 2.79. The maximum Gasteiger partial charge on any atom is 0.573 e. The van der Waals surface area contributed by atoms with E-state index in [1.165, 1.54) is 38.5 Å². The van der Waals surface area contributed by atoms with Gasteiger partial charge in [0.1, 0.15) is 5.82 Å². The highest BCUT2D eigenvalue weighted by Gasteiger charge is 2.33. The summed E-state index contributed by atoms with van der Waals surface area (Å²) in [7, 11) is 0. The quantitative estimate of drug-likeness (QED) is 0.284. The van der Waals surface area contributed by atoms with Crippen LogP contribution in [0.15, 0.2) is 30.3 Å². The van der Waals surface area contributed by atoms with Crippen LogP contribution in [0.1, 0.15) is 98.8 Å². The Balaban J connectivity index is 1.40. The van der Waals surface area contributed by atoms with Gasteiger partial charge in [0, 0.05) is 0 Å². The lowest BCUT2D eigenvalue weighted by Crippen LogP contribution is -2.20. The minimum atomic E-state index is -4.94. The molecule has 6 heteroatoms. The molecule has 1 atom stereocenters. The molecular weight excluding hydrogens is 447 g/mol. The Morgan fingerprint density at radius 3 is 2.29 bits per heavy atom. The van der Waals surface area contributed by atoms with Crippen LogP contribution in [0.3, 0.4) is 0 Å². The molecule has 0 aliphatic heterocycles. The van der Waals surface area contributed by atoms with E-state index in [-0.39, 0.29) is 11.7 Å². The minimum absolute atomic E-state index is 0.121. The number of rotatable bonds is 7. The molecule has 186 valence electrons. The third kappa shape index (κ3) is 6.11. The van der Waals surface area contributed by atoms with Gasteiger partial charge in [0.05, 0.1) is 0 Å². The summed E-state index contributed by atoms with van der Waals surface area (Å²) < 4.78 is 70.6. The van der Waals surface area contributed by atoms with Crippen LogP contribution >= 0.6 is 0 Å². The van der Waals surface area contributed by atoms with Crippen LogP contribution in [-0.2, 0) is 12.8 Å². The van der Waals surface area contributed by atoms with Gasteiger partial charge in [-0.2, -0.15) is 0 Å². The van der Waals surface area contributed by atoms with Crippen molar-refractivity contribution in [2.75, 3.05) is 0 Å². The molecule has 0 saturated heterocycles. The zero-order valence-corrected chi connectivity index (χ0v) is 19.7. The highest BCUT2D eigenvalue weighted by atomic mass is 19.4. The number of unbranched alkanes of at least 4 members (excludes halogenated alkanes) is 2. The van der Waals surface area contributed by atoms with Gasteiger partial charge in [-0.25, -0.2) is 8.78 Å². The van der Waals surface area contributed by atoms with Crippen molar-refractivity contribution in [1.29, 1.82) is 0 Å². The van der Waals surface area contributed by atoms with Crippen LogP contribution in [0.4, 0.5) is 22.0 Å². The fourth-order valence-electron chi connectivity index (χ4n) is 5.82. The van der Waals surface area contributed by atoms with Crippen molar-refractivity contribution in [3.05, 3.63) is 64.2 Å². The lowest BCUT2D eigenvalue weighted by molar-refractivity contribution is -0.275. The Morgan fingerprint density at radius 1 is 0.853 bits per heavy atom. The third-order valence-electron chi connectivity index (χ3n) is 7.71. The van der Waals surface area contributed by atoms with Crippen molar-refractivity contribution in [2.24, 2.45) is 5.92 Å². The molecule has 0 heterocycles. The highest BCUT2D eigenvalue weighted by molar-refractivity contribution is 5.41. The molecule has 0 amide bonds. The molecule has 1 unspecified atom stereocenters. The first-order chi connectivity index (χ1) is 16.2. The second kappa shape index (κ2) is 10.7. The molecule has 2 aliphatic carbocycles. The Morgan fingerprint density at radius 2 is 1.62 bits per heavy atom. The highest BCUT2D eigenvalue weighted by Crippen LogP contribution is 2.41. The van der Waals surface area contributed by atoms with Crippen LogP contribution < -0.4 is 4.74 Å². The Kier molecular flexibility index (Phi) is 7.83. The lowest BCUT2D eigenvalue weighted by atomic mass is 9.76. The lowest BCUT2D eigenvalue weighted by Gasteiger charge is -2.30. The van der Waals surface area contributed by atoms with Crippen molar-refractivity contribution in [1.82, 2.24) is 0 Å². The van der Waals surface area contributed by atoms with E-state index in [1.54, 1.807) is 6.07 Å². The fourth-order valence-corrected chi connectivity index (χ4v) is 5.82. The van der Waals surface area contributed by atoms with Crippen LogP contribution in [-0.4, -0.2) is 6.36 Å². The minimum Gasteiger partial charge on any atom is -0.403 e. The zero-order chi connectivity index (χ0) is 24.3. The maximum atomic E-state index is 15.2. The summed E-state index contributed by atoms with van der Waals surface area (Å²) >= 11 is 0. The van der Waals surface area contributed by atoms with E-state index in [0.717, 1.165) is 36.5 Å². The molecule has 4 rings (SSSR count). The van der Waals surface area contributed by atoms with E-state index in [9.17, 15) is 17.6 Å². The number of alkyl halides is 3. The van der Waals surface area contributed by atoms with E-state index >= 15 is 4.39 Å². The van der Waals surface area contributed by atoms with Gasteiger partial charge in [0.25, 0.3) is 0 Å². The van der Waals surface area contributed by atoms with Crippen LogP contribution in [0, 0.1) is 17.6 Å². The summed E-state index contributed by atoms with van der Waals surface area (Å²) in [5.41, 5.74) is 2.92. The molecular formula is C28H33F5O. The van der Waals surface area contributed by atoms with Crippen LogP contribution in [0.5, 0.6) is 5.75 Å². The monoisotopic (exact) mass is 480 g/mol. The number of aryl methyl sites for hydroxylation is 1. The first kappa shape index (κ1) is 25.0. The van der Waals surface area contributed by atoms with Crippen molar-refractivity contribution in [3.63, 3.8) is 0 Å². The summed E-state index contributed by atoms with van der Waals surface area (Å²) in [5.74, 6) is -0.993. The number of halogens is 5. The molecule has 1 nitrogen and oxygen atoms in total. The van der Waals surface area contributed by atoms with Gasteiger partial charge in [-0.05, 0) is 103 Å². The second-order valence-electron chi connectivity index (χ2n) is 10.0. The largest absolute Gasteiger partial charge is 0.573 e. The van der Waals surface area contributed by atoms with Crippen molar-refractivity contribution in [2.45, 2.75) is 95.8 Å². The summed E-state index contributed by atoms with van der Waals surface area (Å²) in [5, 5.41) is 0. The first-order valence-corrected chi connectivity index (χ1v) is 12.6. The predicted octanol–water partition coefficient (Wildman–Crippen LogP) is 8.99. The molecule has 34 heavy (non-hydrogen) atoms. The topological polar surface area (TPSA) is 9.23 Å². The van der Waals surface area contributed by atoms with Crippen molar-refractivity contribution in [3.8, 4) is 5.75 Å². The van der Waals surface area contributed by atoms with E-state index in [1.807, 2.05) is 12.1 Å². The van der Waals surface area contributed by atoms with Crippen LogP contribution in [0.2, 0.25) is 0 Å². The number of fused-ring (bicyclic) bond motifs is 1. The molecule has 1 fully saturated rings. The Bertz CT molecular complexity index is 975. The molecule has 1 saturated carbocycles. The molecule has 2 aromatic rings. The van der Waals surface area contributed by atoms with Crippen LogP contribution in [0.25, 0.3) is 0 Å². The SMILES string of the molecule is CCCCCC1CCC(c2ccc(C3CCc4cc(OC(F)(F)F)c(F)cc4C3)c(F)c2)CC1. The molecule has 0 aromatic heterocycles. The second-order valence-corrected chi connectivity index (χ2v) is 10.0. The van der Waals surface area contributed by atoms with Gasteiger partial charge in [-0.3, -0.25) is 0 Å². The molecule has 2 aromatic carbocycles. The molecule has 0 radical (unpaired) electrons. The summed E-state index contributed by atoms with van der Waals surface area (Å²) in [6.07, 6.45) is 6.31. The van der Waals surface area contributed by atoms with E-state index in [0.29, 0.717) is 41.9 Å². The van der Waals surface area contributed by atoms with E-state index in [4.69, 9.17) is 0 Å². The zero-order valence-electron chi connectivity index (χ0n) is 19.7. The first-order valence-electron chi connectivity index (χ1n) is 12.6. The maximum absolute atomic E-state index is 15.2. The van der Waals surface area contributed by atoms with E-state index in [2.05, 4.69) is 11.7 Å². The number of hydrogen-bond acceptors (Lipinski definition) is 1.